The van der Waals surface area contributed by atoms with Crippen LogP contribution in [0, 0.1) is 0 Å². The van der Waals surface area contributed by atoms with Crippen molar-refractivity contribution in [3.05, 3.63) is 29.8 Å². The van der Waals surface area contributed by atoms with E-state index in [2.05, 4.69) is 35.8 Å². The molecule has 0 aliphatic carbocycles. The summed E-state index contributed by atoms with van der Waals surface area (Å²) in [5.74, 6) is 1.14. The van der Waals surface area contributed by atoms with Crippen LogP contribution in [0.3, 0.4) is 0 Å². The number of benzene rings is 1. The lowest BCUT2D eigenvalue weighted by Crippen LogP contribution is -2.07. The van der Waals surface area contributed by atoms with Crippen LogP contribution in [0.5, 0.6) is 0 Å². The van der Waals surface area contributed by atoms with E-state index < -0.39 is 0 Å². The number of thioether (sulfide) groups is 1. The molecule has 1 aromatic carbocycles. The van der Waals surface area contributed by atoms with Gasteiger partial charge in [-0.25, -0.2) is 0 Å². The molecule has 3 heteroatoms. The molecule has 1 rings (SSSR count). The van der Waals surface area contributed by atoms with E-state index in [-0.39, 0.29) is 0 Å². The van der Waals surface area contributed by atoms with Crippen LogP contribution in [0.2, 0.25) is 0 Å². The lowest BCUT2D eigenvalue weighted by Gasteiger charge is -2.11. The SMILES string of the molecule is COCCc1ccccc1NCCSC. The Hall–Kier alpha value is -0.670. The molecule has 0 aliphatic heterocycles. The fourth-order valence-electron chi connectivity index (χ4n) is 1.41. The second-order valence-corrected chi connectivity index (χ2v) is 4.31. The van der Waals surface area contributed by atoms with E-state index in [0.717, 1.165) is 25.3 Å². The highest BCUT2D eigenvalue weighted by molar-refractivity contribution is 7.98. The Labute approximate surface area is 96.4 Å². The second-order valence-electron chi connectivity index (χ2n) is 3.32. The summed E-state index contributed by atoms with van der Waals surface area (Å²) in [4.78, 5) is 0. The Bertz CT molecular complexity index is 278. The van der Waals surface area contributed by atoms with Crippen molar-refractivity contribution in [2.45, 2.75) is 6.42 Å². The van der Waals surface area contributed by atoms with Crippen LogP contribution in [0.15, 0.2) is 24.3 Å². The zero-order chi connectivity index (χ0) is 10.9. The van der Waals surface area contributed by atoms with Gasteiger partial charge in [0.25, 0.3) is 0 Å². The van der Waals surface area contributed by atoms with Crippen LogP contribution in [-0.4, -0.2) is 32.3 Å². The van der Waals surface area contributed by atoms with Gasteiger partial charge in [0.1, 0.15) is 0 Å². The molecule has 2 nitrogen and oxygen atoms in total. The number of rotatable bonds is 7. The number of nitrogens with one attached hydrogen (secondary N) is 1. The molecule has 0 spiro atoms. The molecule has 0 amide bonds. The average Bonchev–Trinajstić information content (AvgIpc) is 2.28. The lowest BCUT2D eigenvalue weighted by molar-refractivity contribution is 0.202. The molecule has 0 bridgehead atoms. The molecule has 0 radical (unpaired) electrons. The van der Waals surface area contributed by atoms with Gasteiger partial charge in [-0.15, -0.1) is 0 Å². The molecule has 0 heterocycles. The molecule has 0 atom stereocenters. The van der Waals surface area contributed by atoms with Gasteiger partial charge in [-0.2, -0.15) is 11.8 Å². The van der Waals surface area contributed by atoms with Crippen LogP contribution < -0.4 is 5.32 Å². The normalized spacial score (nSPS) is 10.3. The van der Waals surface area contributed by atoms with Gasteiger partial charge in [-0.05, 0) is 24.3 Å². The van der Waals surface area contributed by atoms with E-state index in [4.69, 9.17) is 4.74 Å². The summed E-state index contributed by atoms with van der Waals surface area (Å²) in [6.45, 7) is 1.80. The first kappa shape index (κ1) is 12.4. The first-order chi connectivity index (χ1) is 7.38. The summed E-state index contributed by atoms with van der Waals surface area (Å²) < 4.78 is 5.09. The van der Waals surface area contributed by atoms with E-state index in [1.54, 1.807) is 7.11 Å². The molecular weight excluding hydrogens is 206 g/mol. The summed E-state index contributed by atoms with van der Waals surface area (Å²) in [5.41, 5.74) is 2.57. The first-order valence-electron chi connectivity index (χ1n) is 5.18. The van der Waals surface area contributed by atoms with Crippen molar-refractivity contribution in [3.8, 4) is 0 Å². The molecule has 84 valence electrons. The number of hydrogen-bond donors (Lipinski definition) is 1. The molecule has 0 saturated heterocycles. The Balaban J connectivity index is 2.52. The predicted molar refractivity (Wildman–Crippen MR) is 68.9 cm³/mol. The van der Waals surface area contributed by atoms with Gasteiger partial charge in [-0.3, -0.25) is 0 Å². The minimum absolute atomic E-state index is 0.779. The van der Waals surface area contributed by atoms with Crippen LogP contribution in [-0.2, 0) is 11.2 Å². The van der Waals surface area contributed by atoms with E-state index >= 15 is 0 Å². The highest BCUT2D eigenvalue weighted by Gasteiger charge is 1.99. The molecule has 0 unspecified atom stereocenters. The van der Waals surface area contributed by atoms with Gasteiger partial charge >= 0.3 is 0 Å². The molecule has 0 fully saturated rings. The zero-order valence-corrected chi connectivity index (χ0v) is 10.3. The lowest BCUT2D eigenvalue weighted by atomic mass is 10.1. The molecule has 0 saturated carbocycles. The van der Waals surface area contributed by atoms with Gasteiger partial charge < -0.3 is 10.1 Å². The molecule has 1 N–H and O–H groups in total. The van der Waals surface area contributed by atoms with Crippen molar-refractivity contribution >= 4 is 17.4 Å². The van der Waals surface area contributed by atoms with E-state index in [9.17, 15) is 0 Å². The van der Waals surface area contributed by atoms with E-state index in [1.807, 2.05) is 11.8 Å². The van der Waals surface area contributed by atoms with Gasteiger partial charge in [0.2, 0.25) is 0 Å². The predicted octanol–water partition coefficient (Wildman–Crippen LogP) is 2.65. The molecule has 15 heavy (non-hydrogen) atoms. The topological polar surface area (TPSA) is 21.3 Å². The van der Waals surface area contributed by atoms with Gasteiger partial charge in [0.05, 0.1) is 6.61 Å². The minimum atomic E-state index is 0.779. The number of para-hydroxylation sites is 1. The maximum absolute atomic E-state index is 5.09. The largest absolute Gasteiger partial charge is 0.384 e. The van der Waals surface area contributed by atoms with Crippen molar-refractivity contribution in [2.24, 2.45) is 0 Å². The highest BCUT2D eigenvalue weighted by atomic mass is 32.2. The summed E-state index contributed by atoms with van der Waals surface area (Å²) in [7, 11) is 1.74. The summed E-state index contributed by atoms with van der Waals surface area (Å²) in [6.07, 6.45) is 3.09. The Morgan fingerprint density at radius 2 is 2.13 bits per heavy atom. The minimum Gasteiger partial charge on any atom is -0.384 e. The Morgan fingerprint density at radius 1 is 1.33 bits per heavy atom. The van der Waals surface area contributed by atoms with Crippen LogP contribution in [0.25, 0.3) is 0 Å². The van der Waals surface area contributed by atoms with Crippen molar-refractivity contribution in [3.63, 3.8) is 0 Å². The van der Waals surface area contributed by atoms with Crippen molar-refractivity contribution in [2.75, 3.05) is 37.6 Å². The Morgan fingerprint density at radius 3 is 2.87 bits per heavy atom. The number of methoxy groups -OCH3 is 1. The number of ether oxygens (including phenoxy) is 1. The van der Waals surface area contributed by atoms with Crippen molar-refractivity contribution < 1.29 is 4.74 Å². The summed E-state index contributed by atoms with van der Waals surface area (Å²) in [5, 5.41) is 3.45. The van der Waals surface area contributed by atoms with Gasteiger partial charge in [0.15, 0.2) is 0 Å². The third-order valence-electron chi connectivity index (χ3n) is 2.21. The van der Waals surface area contributed by atoms with Crippen molar-refractivity contribution in [1.82, 2.24) is 0 Å². The third-order valence-corrected chi connectivity index (χ3v) is 2.83. The highest BCUT2D eigenvalue weighted by Crippen LogP contribution is 2.15. The molecule has 0 aromatic heterocycles. The fourth-order valence-corrected chi connectivity index (χ4v) is 1.72. The zero-order valence-electron chi connectivity index (χ0n) is 9.45. The van der Waals surface area contributed by atoms with Gasteiger partial charge in [0, 0.05) is 25.1 Å². The second kappa shape index (κ2) is 7.60. The first-order valence-corrected chi connectivity index (χ1v) is 6.57. The fraction of sp³-hybridized carbons (Fsp3) is 0.500. The monoisotopic (exact) mass is 225 g/mol. The van der Waals surface area contributed by atoms with Crippen LogP contribution in [0.1, 0.15) is 5.56 Å². The molecule has 0 aliphatic rings. The number of hydrogen-bond acceptors (Lipinski definition) is 3. The third kappa shape index (κ3) is 4.58. The molecule has 1 aromatic rings. The molecular formula is C12H19NOS. The average molecular weight is 225 g/mol. The maximum Gasteiger partial charge on any atom is 0.0503 e. The van der Waals surface area contributed by atoms with E-state index in [0.29, 0.717) is 0 Å². The van der Waals surface area contributed by atoms with Crippen LogP contribution in [0.4, 0.5) is 5.69 Å². The summed E-state index contributed by atoms with van der Waals surface area (Å²) >= 11 is 1.86. The standard InChI is InChI=1S/C12H19NOS/c1-14-9-7-11-5-3-4-6-12(11)13-8-10-15-2/h3-6,13H,7-10H2,1-2H3. The van der Waals surface area contributed by atoms with Gasteiger partial charge in [-0.1, -0.05) is 18.2 Å². The maximum atomic E-state index is 5.09. The Kier molecular flexibility index (Phi) is 6.28. The summed E-state index contributed by atoms with van der Waals surface area (Å²) in [6, 6.07) is 8.42. The smallest absolute Gasteiger partial charge is 0.0503 e. The quantitative estimate of drug-likeness (QED) is 0.721. The van der Waals surface area contributed by atoms with E-state index in [1.165, 1.54) is 11.3 Å². The van der Waals surface area contributed by atoms with Crippen LogP contribution >= 0.6 is 11.8 Å². The van der Waals surface area contributed by atoms with Crippen molar-refractivity contribution in [1.29, 1.82) is 0 Å². The number of anilines is 1.